The summed E-state index contributed by atoms with van der Waals surface area (Å²) in [6, 6.07) is 13.8. The highest BCUT2D eigenvalue weighted by Crippen LogP contribution is 2.57. The fourth-order valence-corrected chi connectivity index (χ4v) is 6.96. The zero-order valence-corrected chi connectivity index (χ0v) is 19.4. The summed E-state index contributed by atoms with van der Waals surface area (Å²) in [5, 5.41) is 4.06. The van der Waals surface area contributed by atoms with Crippen molar-refractivity contribution in [1.82, 2.24) is 4.98 Å². The van der Waals surface area contributed by atoms with Gasteiger partial charge in [0.25, 0.3) is 0 Å². The monoisotopic (exact) mass is 415 g/mol. The molecule has 1 aliphatic heterocycles. The van der Waals surface area contributed by atoms with E-state index in [9.17, 15) is 0 Å². The molecule has 2 aliphatic carbocycles. The van der Waals surface area contributed by atoms with Crippen LogP contribution in [0.5, 0.6) is 0 Å². The van der Waals surface area contributed by atoms with Gasteiger partial charge in [0.1, 0.15) is 0 Å². The van der Waals surface area contributed by atoms with E-state index in [1.165, 1.54) is 60.8 Å². The highest BCUT2D eigenvalue weighted by atomic mass is 15.1. The van der Waals surface area contributed by atoms with E-state index < -0.39 is 0 Å². The Labute approximate surface area is 188 Å². The van der Waals surface area contributed by atoms with Crippen LogP contribution >= 0.6 is 0 Å². The molecule has 2 heteroatoms. The number of rotatable bonds is 0. The van der Waals surface area contributed by atoms with Crippen LogP contribution in [0.2, 0.25) is 0 Å². The number of aryl methyl sites for hydroxylation is 1. The highest BCUT2D eigenvalue weighted by molar-refractivity contribution is 6.06. The topological polar surface area (TPSA) is 16.8 Å². The van der Waals surface area contributed by atoms with E-state index in [1.54, 1.807) is 0 Å². The zero-order chi connectivity index (χ0) is 22.0. The van der Waals surface area contributed by atoms with Crippen molar-refractivity contribution in [3.05, 3.63) is 94.3 Å². The summed E-state index contributed by atoms with van der Waals surface area (Å²) >= 11 is 0. The van der Waals surface area contributed by atoms with Crippen LogP contribution in [0.15, 0.2) is 72.1 Å². The summed E-state index contributed by atoms with van der Waals surface area (Å²) in [5.41, 5.74) is 12.0. The first-order chi connectivity index (χ1) is 15.3. The summed E-state index contributed by atoms with van der Waals surface area (Å²) in [4.78, 5) is 4.85. The summed E-state index contributed by atoms with van der Waals surface area (Å²) < 4.78 is 2.59. The van der Waals surface area contributed by atoms with Gasteiger partial charge in [-0.3, -0.25) is 4.98 Å². The van der Waals surface area contributed by atoms with Gasteiger partial charge in [0, 0.05) is 29.5 Å². The maximum absolute atomic E-state index is 4.85. The summed E-state index contributed by atoms with van der Waals surface area (Å²) in [5.74, 6) is 0. The molecule has 0 fully saturated rings. The van der Waals surface area contributed by atoms with Crippen molar-refractivity contribution >= 4 is 21.7 Å². The van der Waals surface area contributed by atoms with Gasteiger partial charge in [-0.15, -0.1) is 0 Å². The standard InChI is InChI=1S/C30H27N2/c1-17-12-20-8-10-32-28-25(20)22(13-17)29(4,5)23-14-24-21(7-6-9-31-24)27(26(23)28)30(32)15-18(2)11-19(3)16-30/h6-15H,16H2,1-5H3/q+1. The van der Waals surface area contributed by atoms with Gasteiger partial charge in [-0.2, -0.15) is 4.57 Å². The van der Waals surface area contributed by atoms with Crippen LogP contribution in [0.1, 0.15) is 56.4 Å². The van der Waals surface area contributed by atoms with Crippen LogP contribution in [-0.2, 0) is 11.0 Å². The molecule has 156 valence electrons. The minimum atomic E-state index is -0.207. The molecule has 0 bridgehead atoms. The third-order valence-electron chi connectivity index (χ3n) is 8.04. The predicted octanol–water partition coefficient (Wildman–Crippen LogP) is 6.64. The lowest BCUT2D eigenvalue weighted by Gasteiger charge is -2.33. The van der Waals surface area contributed by atoms with Crippen molar-refractivity contribution in [1.29, 1.82) is 0 Å². The van der Waals surface area contributed by atoms with Crippen molar-refractivity contribution in [2.24, 2.45) is 0 Å². The Balaban J connectivity index is 1.80. The van der Waals surface area contributed by atoms with Gasteiger partial charge >= 0.3 is 0 Å². The van der Waals surface area contributed by atoms with Gasteiger partial charge in [0.05, 0.1) is 22.0 Å². The SMILES string of the molecule is CC1=CC2(CC(C)=C1)c1c3c(cc4ncccc14)C(C)(C)c1cc(C)cc4cc[n+]2c-3c14. The fourth-order valence-electron chi connectivity index (χ4n) is 6.96. The Morgan fingerprint density at radius 3 is 2.66 bits per heavy atom. The molecule has 4 aromatic rings. The molecule has 1 spiro atoms. The first kappa shape index (κ1) is 18.3. The second-order valence-corrected chi connectivity index (χ2v) is 10.7. The lowest BCUT2D eigenvalue weighted by atomic mass is 9.67. The summed E-state index contributed by atoms with van der Waals surface area (Å²) in [6.45, 7) is 11.5. The van der Waals surface area contributed by atoms with E-state index in [-0.39, 0.29) is 11.0 Å². The van der Waals surface area contributed by atoms with E-state index >= 15 is 0 Å². The number of pyridine rings is 2. The van der Waals surface area contributed by atoms with Crippen LogP contribution in [0.25, 0.3) is 32.9 Å². The molecule has 2 aromatic heterocycles. The first-order valence-corrected chi connectivity index (χ1v) is 11.6. The molecule has 2 aromatic carbocycles. The zero-order valence-electron chi connectivity index (χ0n) is 19.4. The molecule has 0 amide bonds. The quantitative estimate of drug-likeness (QED) is 0.294. The Morgan fingerprint density at radius 2 is 1.84 bits per heavy atom. The van der Waals surface area contributed by atoms with Crippen molar-refractivity contribution in [3.63, 3.8) is 0 Å². The normalized spacial score (nSPS) is 21.9. The van der Waals surface area contributed by atoms with Crippen molar-refractivity contribution in [3.8, 4) is 11.3 Å². The third-order valence-corrected chi connectivity index (χ3v) is 8.04. The number of aromatic nitrogens is 2. The van der Waals surface area contributed by atoms with Crippen molar-refractivity contribution in [2.45, 2.75) is 52.0 Å². The van der Waals surface area contributed by atoms with E-state index in [1.807, 2.05) is 6.20 Å². The largest absolute Gasteiger partial charge is 0.256 e. The lowest BCUT2D eigenvalue weighted by molar-refractivity contribution is -0.725. The minimum absolute atomic E-state index is 0.0872. The van der Waals surface area contributed by atoms with Gasteiger partial charge in [0.2, 0.25) is 11.2 Å². The Hall–Kier alpha value is -3.26. The Morgan fingerprint density at radius 1 is 1.00 bits per heavy atom. The van der Waals surface area contributed by atoms with Crippen LogP contribution in [-0.4, -0.2) is 4.98 Å². The number of hydrogen-bond donors (Lipinski definition) is 0. The molecule has 0 N–H and O–H groups in total. The van der Waals surface area contributed by atoms with Crippen molar-refractivity contribution < 1.29 is 4.57 Å². The van der Waals surface area contributed by atoms with E-state index in [0.717, 1.165) is 11.9 Å². The Bertz CT molecular complexity index is 1600. The molecule has 32 heavy (non-hydrogen) atoms. The third kappa shape index (κ3) is 1.97. The first-order valence-electron chi connectivity index (χ1n) is 11.6. The average molecular weight is 416 g/mol. The number of allylic oxidation sites excluding steroid dienone is 4. The second kappa shape index (κ2) is 5.56. The molecule has 1 atom stereocenters. The summed E-state index contributed by atoms with van der Waals surface area (Å²) in [7, 11) is 0. The van der Waals surface area contributed by atoms with Gasteiger partial charge in [0.15, 0.2) is 6.20 Å². The van der Waals surface area contributed by atoms with Crippen LogP contribution < -0.4 is 4.57 Å². The number of hydrogen-bond acceptors (Lipinski definition) is 1. The van der Waals surface area contributed by atoms with Gasteiger partial charge in [-0.1, -0.05) is 49.3 Å². The van der Waals surface area contributed by atoms with E-state index in [2.05, 4.69) is 93.9 Å². The molecular formula is C30H27N2+. The summed E-state index contributed by atoms with van der Waals surface area (Å²) in [6.07, 6.45) is 10.1. The van der Waals surface area contributed by atoms with Crippen molar-refractivity contribution in [2.75, 3.05) is 0 Å². The number of nitrogens with zero attached hydrogens (tertiary/aromatic N) is 2. The molecule has 1 unspecified atom stereocenters. The average Bonchev–Trinajstić information content (AvgIpc) is 3.00. The van der Waals surface area contributed by atoms with Crippen LogP contribution in [0.3, 0.4) is 0 Å². The van der Waals surface area contributed by atoms with E-state index in [4.69, 9.17) is 4.98 Å². The molecule has 0 saturated carbocycles. The highest BCUT2D eigenvalue weighted by Gasteiger charge is 2.56. The Kier molecular flexibility index (Phi) is 3.18. The fraction of sp³-hybridized carbons (Fsp3) is 0.267. The predicted molar refractivity (Wildman–Crippen MR) is 131 cm³/mol. The lowest BCUT2D eigenvalue weighted by Crippen LogP contribution is -2.54. The molecule has 3 heterocycles. The van der Waals surface area contributed by atoms with Crippen LogP contribution in [0, 0.1) is 6.92 Å². The van der Waals surface area contributed by atoms with Crippen LogP contribution in [0.4, 0.5) is 0 Å². The maximum atomic E-state index is 4.85. The molecule has 2 nitrogen and oxygen atoms in total. The molecule has 0 radical (unpaired) electrons. The molecule has 7 rings (SSSR count). The molecular weight excluding hydrogens is 388 g/mol. The van der Waals surface area contributed by atoms with E-state index in [0.29, 0.717) is 0 Å². The second-order valence-electron chi connectivity index (χ2n) is 10.7. The number of benzene rings is 2. The minimum Gasteiger partial charge on any atom is -0.256 e. The number of fused-ring (bicyclic) bond motifs is 4. The molecule has 0 saturated heterocycles. The smallest absolute Gasteiger partial charge is 0.222 e. The molecule has 3 aliphatic rings. The van der Waals surface area contributed by atoms with Gasteiger partial charge in [-0.05, 0) is 61.1 Å². The van der Waals surface area contributed by atoms with Gasteiger partial charge in [-0.25, -0.2) is 0 Å². The maximum Gasteiger partial charge on any atom is 0.222 e. The van der Waals surface area contributed by atoms with Gasteiger partial charge < -0.3 is 0 Å².